The van der Waals surface area contributed by atoms with E-state index >= 15 is 0 Å². The summed E-state index contributed by atoms with van der Waals surface area (Å²) in [6.07, 6.45) is -0.685. The van der Waals surface area contributed by atoms with Crippen molar-refractivity contribution in [2.24, 2.45) is 13.0 Å². The van der Waals surface area contributed by atoms with Gasteiger partial charge in [-0.05, 0) is 61.8 Å². The number of amides is 2. The molecule has 0 N–H and O–H groups in total. The average molecular weight is 680 g/mol. The maximum absolute atomic E-state index is 14.1. The van der Waals surface area contributed by atoms with Crippen molar-refractivity contribution in [1.29, 1.82) is 0 Å². The van der Waals surface area contributed by atoms with Crippen molar-refractivity contribution in [3.8, 4) is 11.1 Å². The molecule has 3 aromatic rings. The Morgan fingerprint density at radius 3 is 2.17 bits per heavy atom. The van der Waals surface area contributed by atoms with Crippen LogP contribution in [0.4, 0.5) is 37.1 Å². The maximum Gasteiger partial charge on any atom is 0.416 e. The lowest BCUT2D eigenvalue weighted by atomic mass is 10.0. The first-order valence-electron chi connectivity index (χ1n) is 15.6. The number of benzene rings is 1. The number of nitrogens with zero attached hydrogens (tertiary/aromatic N) is 7. The molecular formula is C32H35F6N7O3. The van der Waals surface area contributed by atoms with E-state index in [-0.39, 0.29) is 42.6 Å². The Kier molecular flexibility index (Phi) is 8.56. The molecule has 1 aliphatic carbocycles. The van der Waals surface area contributed by atoms with Crippen LogP contribution in [0, 0.1) is 5.92 Å². The van der Waals surface area contributed by atoms with Gasteiger partial charge in [0, 0.05) is 61.9 Å². The summed E-state index contributed by atoms with van der Waals surface area (Å²) in [5, 5.41) is 4.14. The summed E-state index contributed by atoms with van der Waals surface area (Å²) in [7, 11) is 3.01. The quantitative estimate of drug-likeness (QED) is 0.236. The second-order valence-corrected chi connectivity index (χ2v) is 12.9. The molecule has 1 saturated carbocycles. The van der Waals surface area contributed by atoms with Gasteiger partial charge in [0.15, 0.2) is 0 Å². The number of hydrogen-bond acceptors (Lipinski definition) is 7. The Labute approximate surface area is 272 Å². The van der Waals surface area contributed by atoms with Crippen LogP contribution in [0.25, 0.3) is 11.1 Å². The number of alkyl halides is 6. The van der Waals surface area contributed by atoms with Gasteiger partial charge in [0.1, 0.15) is 6.04 Å². The van der Waals surface area contributed by atoms with E-state index in [4.69, 9.17) is 4.74 Å². The normalized spacial score (nSPS) is 24.2. The molecule has 2 saturated heterocycles. The van der Waals surface area contributed by atoms with Gasteiger partial charge in [-0.25, -0.2) is 19.6 Å². The Bertz CT molecular complexity index is 1650. The van der Waals surface area contributed by atoms with E-state index < -0.39 is 47.1 Å². The third-order valence-corrected chi connectivity index (χ3v) is 9.76. The highest BCUT2D eigenvalue weighted by molar-refractivity contribution is 5.85. The number of hydrogen-bond donors (Lipinski definition) is 0. The number of halogens is 6. The summed E-state index contributed by atoms with van der Waals surface area (Å²) in [5.41, 5.74) is -2.35. The van der Waals surface area contributed by atoms with Gasteiger partial charge in [-0.3, -0.25) is 4.68 Å². The van der Waals surface area contributed by atoms with Crippen molar-refractivity contribution >= 4 is 17.9 Å². The van der Waals surface area contributed by atoms with Crippen molar-refractivity contribution in [3.63, 3.8) is 0 Å². The number of carbonyl (C=O) groups excluding carboxylic acids is 2. The predicted molar refractivity (Wildman–Crippen MR) is 160 cm³/mol. The number of likely N-dealkylation sites (tertiary alicyclic amines) is 2. The molecule has 4 atom stereocenters. The summed E-state index contributed by atoms with van der Waals surface area (Å²) in [5.74, 6) is -0.346. The SMILES string of the molecule is COC(=O)[C@@H]1CCCCN1C(=O)N1C[C@@H](N(Cc2cc(C(F)(F)F)cc(C(F)(F)F)c2)c2ncc(-c3cnn(C)c3)cn2)CC12C[C@H]2C. The number of anilines is 1. The molecule has 10 nitrogen and oxygen atoms in total. The summed E-state index contributed by atoms with van der Waals surface area (Å²) in [6.45, 7) is 2.07. The number of urea groups is 1. The van der Waals surface area contributed by atoms with E-state index in [2.05, 4.69) is 15.1 Å². The van der Waals surface area contributed by atoms with Gasteiger partial charge in [0.05, 0.1) is 30.5 Å². The monoisotopic (exact) mass is 679 g/mol. The number of carbonyl (C=O) groups is 2. The predicted octanol–water partition coefficient (Wildman–Crippen LogP) is 5.92. The molecule has 0 bridgehead atoms. The van der Waals surface area contributed by atoms with Gasteiger partial charge < -0.3 is 19.4 Å². The molecule has 2 aliphatic heterocycles. The molecule has 0 radical (unpaired) electrons. The molecule has 2 aromatic heterocycles. The molecule has 4 heterocycles. The van der Waals surface area contributed by atoms with Crippen molar-refractivity contribution in [2.75, 3.05) is 25.1 Å². The van der Waals surface area contributed by atoms with E-state index in [0.717, 1.165) is 6.42 Å². The van der Waals surface area contributed by atoms with Gasteiger partial charge in [-0.2, -0.15) is 31.4 Å². The summed E-state index contributed by atoms with van der Waals surface area (Å²) < 4.78 is 89.3. The Balaban J connectivity index is 1.37. The highest BCUT2D eigenvalue weighted by Crippen LogP contribution is 2.56. The zero-order chi connectivity index (χ0) is 34.6. The van der Waals surface area contributed by atoms with Crippen molar-refractivity contribution in [1.82, 2.24) is 29.5 Å². The van der Waals surface area contributed by atoms with Crippen molar-refractivity contribution in [2.45, 2.75) is 75.5 Å². The van der Waals surface area contributed by atoms with E-state index in [0.29, 0.717) is 55.5 Å². The van der Waals surface area contributed by atoms with Crippen LogP contribution in [-0.4, -0.2) is 79.4 Å². The zero-order valence-corrected chi connectivity index (χ0v) is 26.6. The maximum atomic E-state index is 14.1. The first kappa shape index (κ1) is 33.5. The number of aromatic nitrogens is 4. The standard InChI is InChI=1S/C32H35F6N7O3/c1-19-11-30(19)12-25(18-45(30)29(47)43-7-5-4-6-26(43)27(46)48-3)44(28-39-13-21(14-40-28)22-15-41-42(2)17-22)16-20-8-23(31(33,34)35)10-24(9-20)32(36,37)38/h8-10,13-15,17,19,25-26H,4-7,11-12,16,18H2,1-3H3/t19-,25+,26+,30?/m1/s1. The number of ether oxygens (including phenoxy) is 1. The fourth-order valence-electron chi connectivity index (χ4n) is 7.14. The van der Waals surface area contributed by atoms with E-state index in [1.807, 2.05) is 6.92 Å². The van der Waals surface area contributed by atoms with Crippen molar-refractivity contribution < 1.29 is 40.7 Å². The lowest BCUT2D eigenvalue weighted by Gasteiger charge is -2.38. The topological polar surface area (TPSA) is 96.7 Å². The molecule has 48 heavy (non-hydrogen) atoms. The van der Waals surface area contributed by atoms with Crippen LogP contribution in [0.2, 0.25) is 0 Å². The van der Waals surface area contributed by atoms with Gasteiger partial charge in [0.2, 0.25) is 5.95 Å². The van der Waals surface area contributed by atoms with Crippen LogP contribution in [0.3, 0.4) is 0 Å². The first-order chi connectivity index (χ1) is 22.6. The number of esters is 1. The van der Waals surface area contributed by atoms with Gasteiger partial charge in [-0.15, -0.1) is 0 Å². The number of piperidine rings is 1. The first-order valence-corrected chi connectivity index (χ1v) is 15.6. The molecule has 3 fully saturated rings. The highest BCUT2D eigenvalue weighted by Gasteiger charge is 2.63. The Morgan fingerprint density at radius 1 is 0.979 bits per heavy atom. The average Bonchev–Trinajstić information content (AvgIpc) is 3.33. The largest absolute Gasteiger partial charge is 0.467 e. The third kappa shape index (κ3) is 6.40. The summed E-state index contributed by atoms with van der Waals surface area (Å²) >= 11 is 0. The molecule has 1 aromatic carbocycles. The fourth-order valence-corrected chi connectivity index (χ4v) is 7.14. The smallest absolute Gasteiger partial charge is 0.416 e. The minimum Gasteiger partial charge on any atom is -0.467 e. The van der Waals surface area contributed by atoms with Crippen LogP contribution >= 0.6 is 0 Å². The third-order valence-electron chi connectivity index (χ3n) is 9.76. The van der Waals surface area contributed by atoms with Crippen LogP contribution in [0.5, 0.6) is 0 Å². The lowest BCUT2D eigenvalue weighted by Crippen LogP contribution is -2.55. The molecule has 6 rings (SSSR count). The molecule has 3 aliphatic rings. The van der Waals surface area contributed by atoms with Crippen LogP contribution in [-0.2, 0) is 35.5 Å². The van der Waals surface area contributed by atoms with E-state index in [1.165, 1.54) is 24.4 Å². The molecular weight excluding hydrogens is 644 g/mol. The molecule has 16 heteroatoms. The number of rotatable bonds is 6. The van der Waals surface area contributed by atoms with Crippen LogP contribution in [0.1, 0.15) is 55.7 Å². The Hall–Kier alpha value is -4.37. The van der Waals surface area contributed by atoms with Gasteiger partial charge in [0.25, 0.3) is 0 Å². The van der Waals surface area contributed by atoms with Crippen molar-refractivity contribution in [3.05, 3.63) is 59.7 Å². The lowest BCUT2D eigenvalue weighted by molar-refractivity contribution is -0.147. The zero-order valence-electron chi connectivity index (χ0n) is 26.6. The highest BCUT2D eigenvalue weighted by atomic mass is 19.4. The molecule has 258 valence electrons. The second-order valence-electron chi connectivity index (χ2n) is 12.9. The second kappa shape index (κ2) is 12.3. The van der Waals surface area contributed by atoms with Crippen LogP contribution in [0.15, 0.2) is 43.0 Å². The number of aryl methyl sites for hydroxylation is 1. The summed E-state index contributed by atoms with van der Waals surface area (Å²) in [6, 6.07) is -0.147. The van der Waals surface area contributed by atoms with Gasteiger partial charge >= 0.3 is 24.4 Å². The van der Waals surface area contributed by atoms with E-state index in [1.54, 1.807) is 33.9 Å². The Morgan fingerprint density at radius 2 is 1.62 bits per heavy atom. The summed E-state index contributed by atoms with van der Waals surface area (Å²) in [4.78, 5) is 40.6. The minimum absolute atomic E-state index is 0.0777. The van der Waals surface area contributed by atoms with E-state index in [9.17, 15) is 35.9 Å². The molecule has 1 spiro atoms. The fraction of sp³-hybridized carbons (Fsp3) is 0.531. The molecule has 1 unspecified atom stereocenters. The minimum atomic E-state index is -5.02. The molecule has 2 amide bonds. The van der Waals surface area contributed by atoms with Gasteiger partial charge in [-0.1, -0.05) is 6.92 Å². The van der Waals surface area contributed by atoms with Crippen LogP contribution < -0.4 is 4.90 Å². The number of methoxy groups -OCH3 is 1.